The summed E-state index contributed by atoms with van der Waals surface area (Å²) in [5.74, 6) is -0.996. The number of nitrogens with zero attached hydrogens (tertiary/aromatic N) is 1. The maximum atomic E-state index is 14.7. The molecule has 1 fully saturated rings. The maximum absolute atomic E-state index is 14.7. The van der Waals surface area contributed by atoms with E-state index in [1.165, 1.54) is 0 Å². The van der Waals surface area contributed by atoms with Crippen LogP contribution in [0.3, 0.4) is 0 Å². The minimum absolute atomic E-state index is 0.193. The predicted octanol–water partition coefficient (Wildman–Crippen LogP) is 7.06. The summed E-state index contributed by atoms with van der Waals surface area (Å²) in [7, 11) is 0. The van der Waals surface area contributed by atoms with Gasteiger partial charge in [0, 0.05) is 38.9 Å². The van der Waals surface area contributed by atoms with Gasteiger partial charge in [0.25, 0.3) is 0 Å². The van der Waals surface area contributed by atoms with Crippen LogP contribution in [0.4, 0.5) is 5.69 Å². The fraction of sp³-hybridized carbons (Fsp3) is 0.171. The van der Waals surface area contributed by atoms with Gasteiger partial charge in [-0.15, -0.1) is 0 Å². The van der Waals surface area contributed by atoms with Crippen LogP contribution in [0.15, 0.2) is 103 Å². The fourth-order valence-corrected chi connectivity index (χ4v) is 7.20. The second-order valence-corrected chi connectivity index (χ2v) is 11.0. The van der Waals surface area contributed by atoms with Crippen LogP contribution in [-0.4, -0.2) is 36.0 Å². The zero-order valence-corrected chi connectivity index (χ0v) is 23.0. The zero-order chi connectivity index (χ0) is 28.3. The van der Waals surface area contributed by atoms with Crippen LogP contribution in [0.2, 0.25) is 5.02 Å². The van der Waals surface area contributed by atoms with E-state index >= 15 is 0 Å². The Bertz CT molecular complexity index is 1720. The van der Waals surface area contributed by atoms with Crippen molar-refractivity contribution >= 4 is 40.7 Å². The summed E-state index contributed by atoms with van der Waals surface area (Å²) in [5.41, 5.74) is 2.05. The third-order valence-electron chi connectivity index (χ3n) is 8.66. The lowest BCUT2D eigenvalue weighted by Gasteiger charge is -2.37. The van der Waals surface area contributed by atoms with Gasteiger partial charge in [-0.3, -0.25) is 14.4 Å². The van der Waals surface area contributed by atoms with E-state index in [2.05, 4.69) is 0 Å². The number of fused-ring (bicyclic) bond motifs is 5. The summed E-state index contributed by atoms with van der Waals surface area (Å²) in [6.45, 7) is 2.28. The van der Waals surface area contributed by atoms with Gasteiger partial charge >= 0.3 is 0 Å². The van der Waals surface area contributed by atoms with Crippen molar-refractivity contribution in [1.29, 1.82) is 0 Å². The van der Waals surface area contributed by atoms with Crippen molar-refractivity contribution < 1.29 is 19.1 Å². The van der Waals surface area contributed by atoms with Gasteiger partial charge in [0.2, 0.25) is 0 Å². The van der Waals surface area contributed by atoms with E-state index in [0.29, 0.717) is 39.6 Å². The second kappa shape index (κ2) is 9.57. The van der Waals surface area contributed by atoms with Crippen LogP contribution in [0.1, 0.15) is 55.0 Å². The topological polar surface area (TPSA) is 63.7 Å². The minimum Gasteiger partial charge on any atom is -0.494 e. The van der Waals surface area contributed by atoms with E-state index in [1.54, 1.807) is 48.5 Å². The smallest absolute Gasteiger partial charge is 0.185 e. The van der Waals surface area contributed by atoms with Crippen LogP contribution in [0, 0.1) is 5.41 Å². The Balaban J connectivity index is 1.56. The number of carbonyl (C=O) groups is 3. The van der Waals surface area contributed by atoms with Gasteiger partial charge < -0.3 is 9.64 Å². The van der Waals surface area contributed by atoms with E-state index in [4.69, 9.17) is 16.3 Å². The average molecular weight is 560 g/mol. The molecule has 0 amide bonds. The first kappa shape index (κ1) is 25.5. The highest BCUT2D eigenvalue weighted by Gasteiger charge is 2.71. The molecule has 2 aliphatic heterocycles. The molecule has 1 unspecified atom stereocenters. The van der Waals surface area contributed by atoms with Crippen LogP contribution in [-0.2, 0) is 0 Å². The first-order valence-corrected chi connectivity index (χ1v) is 14.1. The molecule has 1 spiro atoms. The maximum Gasteiger partial charge on any atom is 0.185 e. The molecule has 3 aliphatic rings. The largest absolute Gasteiger partial charge is 0.494 e. The van der Waals surface area contributed by atoms with Gasteiger partial charge in [0.1, 0.15) is 17.2 Å². The van der Waals surface area contributed by atoms with Gasteiger partial charge in [-0.1, -0.05) is 84.4 Å². The SMILES string of the molecule is CCOc1ccccc1[C@H]1[C@H](C(=O)c2ccc(Cl)cc2)N2c3ccccc3C=CC2C12C(=O)c1ccccc1C2=O. The molecule has 41 heavy (non-hydrogen) atoms. The average Bonchev–Trinajstić information content (AvgIpc) is 3.44. The number of ketones is 3. The van der Waals surface area contributed by atoms with Crippen LogP contribution in [0.5, 0.6) is 5.75 Å². The zero-order valence-electron chi connectivity index (χ0n) is 22.3. The Labute approximate surface area is 243 Å². The lowest BCUT2D eigenvalue weighted by molar-refractivity contribution is 0.0664. The molecule has 4 aromatic carbocycles. The molecular weight excluding hydrogens is 534 g/mol. The number of hydrogen-bond donors (Lipinski definition) is 0. The molecule has 0 bridgehead atoms. The molecule has 5 nitrogen and oxygen atoms in total. The van der Waals surface area contributed by atoms with E-state index in [1.807, 2.05) is 72.5 Å². The van der Waals surface area contributed by atoms with Crippen molar-refractivity contribution in [1.82, 2.24) is 0 Å². The van der Waals surface area contributed by atoms with Crippen LogP contribution in [0.25, 0.3) is 6.08 Å². The van der Waals surface area contributed by atoms with Crippen molar-refractivity contribution in [2.75, 3.05) is 11.5 Å². The first-order chi connectivity index (χ1) is 20.0. The number of benzene rings is 4. The van der Waals surface area contributed by atoms with Gasteiger partial charge in [0.15, 0.2) is 17.3 Å². The molecule has 4 aromatic rings. The standard InChI is InChI=1S/C35H26ClNO4/c1-2-41-28-14-8-6-12-26(28)30-31(32(38)22-15-18-23(36)19-16-22)37-27-13-7-3-9-21(27)17-20-29(37)35(30)33(39)24-10-4-5-11-25(24)34(35)40/h3-20,29-31H,2H2,1H3/t29?,30-,31+/m0/s1. The molecule has 6 heteroatoms. The van der Waals surface area contributed by atoms with Crippen LogP contribution >= 0.6 is 11.6 Å². The number of hydrogen-bond acceptors (Lipinski definition) is 5. The van der Waals surface area contributed by atoms with E-state index in [-0.39, 0.29) is 17.3 Å². The van der Waals surface area contributed by atoms with Crippen molar-refractivity contribution in [3.8, 4) is 5.75 Å². The monoisotopic (exact) mass is 559 g/mol. The summed E-state index contributed by atoms with van der Waals surface area (Å²) in [5, 5.41) is 0.517. The number of ether oxygens (including phenoxy) is 1. The highest BCUT2D eigenvalue weighted by atomic mass is 35.5. The molecule has 0 N–H and O–H groups in total. The Morgan fingerprint density at radius 3 is 2.20 bits per heavy atom. The lowest BCUT2D eigenvalue weighted by atomic mass is 9.64. The molecule has 3 atom stereocenters. The minimum atomic E-state index is -1.58. The molecule has 0 radical (unpaired) electrons. The van der Waals surface area contributed by atoms with Crippen molar-refractivity contribution in [2.45, 2.75) is 24.9 Å². The number of carbonyl (C=O) groups excluding carboxylic acids is 3. The summed E-state index contributed by atoms with van der Waals surface area (Å²) in [4.78, 5) is 46.2. The van der Waals surface area contributed by atoms with Crippen LogP contribution < -0.4 is 9.64 Å². The molecule has 0 saturated carbocycles. The van der Waals surface area contributed by atoms with Crippen molar-refractivity contribution in [3.05, 3.63) is 136 Å². The quantitative estimate of drug-likeness (QED) is 0.193. The second-order valence-electron chi connectivity index (χ2n) is 10.6. The number of halogens is 1. The highest BCUT2D eigenvalue weighted by Crippen LogP contribution is 2.61. The molecule has 1 saturated heterocycles. The summed E-state index contributed by atoms with van der Waals surface area (Å²) in [6, 6.07) is 27.5. The Kier molecular flexibility index (Phi) is 5.95. The number of Topliss-reactive ketones (excluding diaryl/α,β-unsaturated/α-hetero) is 3. The fourth-order valence-electron chi connectivity index (χ4n) is 7.07. The van der Waals surface area contributed by atoms with E-state index < -0.39 is 23.4 Å². The molecule has 2 heterocycles. The molecular formula is C35H26ClNO4. The Hall–Kier alpha value is -4.48. The molecule has 0 aromatic heterocycles. The molecule has 1 aliphatic carbocycles. The van der Waals surface area contributed by atoms with Crippen molar-refractivity contribution in [2.24, 2.45) is 5.41 Å². The van der Waals surface area contributed by atoms with E-state index in [9.17, 15) is 14.4 Å². The van der Waals surface area contributed by atoms with Gasteiger partial charge in [0.05, 0.1) is 12.6 Å². The third-order valence-corrected chi connectivity index (χ3v) is 8.92. The Morgan fingerprint density at radius 1 is 0.854 bits per heavy atom. The van der Waals surface area contributed by atoms with Gasteiger partial charge in [-0.25, -0.2) is 0 Å². The molecule has 7 rings (SSSR count). The summed E-state index contributed by atoms with van der Waals surface area (Å²) >= 11 is 6.19. The number of para-hydroxylation sites is 2. The van der Waals surface area contributed by atoms with E-state index in [0.717, 1.165) is 11.3 Å². The number of anilines is 1. The first-order valence-electron chi connectivity index (χ1n) is 13.7. The van der Waals surface area contributed by atoms with Gasteiger partial charge in [-0.05, 0) is 48.9 Å². The molecule has 202 valence electrons. The third kappa shape index (κ3) is 3.52. The highest BCUT2D eigenvalue weighted by molar-refractivity contribution is 6.32. The van der Waals surface area contributed by atoms with Crippen molar-refractivity contribution in [3.63, 3.8) is 0 Å². The van der Waals surface area contributed by atoms with Gasteiger partial charge in [-0.2, -0.15) is 0 Å². The summed E-state index contributed by atoms with van der Waals surface area (Å²) < 4.78 is 6.08. The lowest BCUT2D eigenvalue weighted by Crippen LogP contribution is -2.48. The number of rotatable bonds is 5. The summed E-state index contributed by atoms with van der Waals surface area (Å²) in [6.07, 6.45) is 3.89. The predicted molar refractivity (Wildman–Crippen MR) is 159 cm³/mol. The Morgan fingerprint density at radius 2 is 1.49 bits per heavy atom. The normalized spacial score (nSPS) is 21.5.